The summed E-state index contributed by atoms with van der Waals surface area (Å²) in [5, 5.41) is 0. The van der Waals surface area contributed by atoms with Crippen LogP contribution in [0.1, 0.15) is 75.2 Å². The summed E-state index contributed by atoms with van der Waals surface area (Å²) in [6.07, 6.45) is 4.79. The van der Waals surface area contributed by atoms with Crippen LogP contribution in [0.5, 0.6) is 5.75 Å². The van der Waals surface area contributed by atoms with E-state index in [0.717, 1.165) is 24.3 Å². The topological polar surface area (TPSA) is 54.0 Å². The van der Waals surface area contributed by atoms with Crippen LogP contribution in [0.3, 0.4) is 0 Å². The number of para-hydroxylation sites is 1. The third kappa shape index (κ3) is 1.74. The highest BCUT2D eigenvalue weighted by Crippen LogP contribution is 2.83. The summed E-state index contributed by atoms with van der Waals surface area (Å²) in [6, 6.07) is 5.79. The third-order valence-corrected chi connectivity index (χ3v) is 9.40. The SMILES string of the molecule is C[C@H]1C23CC(C2)CC12OB([C@H]1CC1c1cccc4c1OC(C)(C)OC4=O)O[C@@]32C. The molecule has 10 rings (SSSR count). The number of fused-ring (bicyclic) bond motifs is 1. The molecule has 2 unspecified atom stereocenters. The minimum absolute atomic E-state index is 0.0790. The highest BCUT2D eigenvalue weighted by molar-refractivity contribution is 6.49. The Hall–Kier alpha value is -1.53. The molecule has 1 saturated heterocycles. The van der Waals surface area contributed by atoms with Gasteiger partial charge in [0.25, 0.3) is 0 Å². The molecule has 7 saturated carbocycles. The standard InChI is InChI=1S/C23H27BO5/c1-12-22-9-13(10-22)11-23(12)21(22,4)28-24(29-23)17-8-16(17)14-6-5-7-15-18(14)26-20(2,3)27-19(15)25/h5-7,12-13,16-17H,8-11H2,1-4H3/t12-,13?,16?,17-,21-,22?,23?/m0/s1. The fraction of sp³-hybridized carbons (Fsp3) is 0.696. The number of rotatable bonds is 2. The summed E-state index contributed by atoms with van der Waals surface area (Å²) in [5.74, 6) is 1.48. The van der Waals surface area contributed by atoms with Crippen molar-refractivity contribution in [2.24, 2.45) is 17.3 Å². The Kier molecular flexibility index (Phi) is 2.78. The number of cyclic esters (lactones) is 1. The second-order valence-electron chi connectivity index (χ2n) is 11.0. The van der Waals surface area contributed by atoms with E-state index in [1.807, 2.05) is 6.07 Å². The predicted octanol–water partition coefficient (Wildman–Crippen LogP) is 4.31. The Balaban J connectivity index is 1.19. The number of carbonyl (C=O) groups excluding carboxylic acids is 1. The van der Waals surface area contributed by atoms with Crippen LogP contribution in [0.15, 0.2) is 18.2 Å². The smallest absolute Gasteiger partial charge is 0.452 e. The van der Waals surface area contributed by atoms with Gasteiger partial charge in [0.15, 0.2) is 0 Å². The van der Waals surface area contributed by atoms with Gasteiger partial charge in [0, 0.05) is 25.1 Å². The van der Waals surface area contributed by atoms with Crippen LogP contribution < -0.4 is 4.74 Å². The van der Waals surface area contributed by atoms with E-state index in [4.69, 9.17) is 18.8 Å². The first-order valence-electron chi connectivity index (χ1n) is 11.1. The maximum absolute atomic E-state index is 12.4. The largest absolute Gasteiger partial charge is 0.461 e. The van der Waals surface area contributed by atoms with Crippen molar-refractivity contribution < 1.29 is 23.6 Å². The maximum atomic E-state index is 12.4. The lowest BCUT2D eigenvalue weighted by molar-refractivity contribution is -0.372. The Bertz CT molecular complexity index is 962. The van der Waals surface area contributed by atoms with Crippen LogP contribution in [0.2, 0.25) is 5.82 Å². The maximum Gasteiger partial charge on any atom is 0.461 e. The van der Waals surface area contributed by atoms with E-state index in [1.165, 1.54) is 12.8 Å². The molecule has 7 aliphatic carbocycles. The molecule has 5 nitrogen and oxygen atoms in total. The van der Waals surface area contributed by atoms with Crippen molar-refractivity contribution in [1.29, 1.82) is 0 Å². The first-order chi connectivity index (χ1) is 13.7. The lowest BCUT2D eigenvalue weighted by Crippen LogP contribution is -2.86. The van der Waals surface area contributed by atoms with E-state index in [9.17, 15) is 4.79 Å². The number of hydrogen-bond acceptors (Lipinski definition) is 5. The molecule has 0 radical (unpaired) electrons. The minimum Gasteiger partial charge on any atom is -0.452 e. The van der Waals surface area contributed by atoms with Crippen molar-refractivity contribution in [2.45, 2.75) is 82.1 Å². The molecule has 1 aromatic carbocycles. The van der Waals surface area contributed by atoms with Crippen molar-refractivity contribution in [3.05, 3.63) is 29.3 Å². The Morgan fingerprint density at radius 3 is 2.59 bits per heavy atom. The molecule has 2 heterocycles. The Labute approximate surface area is 171 Å². The van der Waals surface area contributed by atoms with Gasteiger partial charge < -0.3 is 18.8 Å². The number of benzene rings is 1. The third-order valence-electron chi connectivity index (χ3n) is 9.40. The molecule has 0 N–H and O–H groups in total. The van der Waals surface area contributed by atoms with Crippen LogP contribution in [0.25, 0.3) is 0 Å². The average Bonchev–Trinajstić information content (AvgIpc) is 3.35. The van der Waals surface area contributed by atoms with Gasteiger partial charge in [-0.05, 0) is 62.0 Å². The van der Waals surface area contributed by atoms with Crippen LogP contribution in [-0.2, 0) is 14.0 Å². The fourth-order valence-corrected chi connectivity index (χ4v) is 7.93. The minimum atomic E-state index is -0.941. The predicted molar refractivity (Wildman–Crippen MR) is 106 cm³/mol. The molecule has 1 aromatic rings. The number of ether oxygens (including phenoxy) is 2. The molecule has 0 aromatic heterocycles. The van der Waals surface area contributed by atoms with Crippen LogP contribution in [-0.4, -0.2) is 30.1 Å². The van der Waals surface area contributed by atoms with Crippen LogP contribution >= 0.6 is 0 Å². The monoisotopic (exact) mass is 394 g/mol. The number of esters is 1. The second kappa shape index (κ2) is 4.70. The molecule has 29 heavy (non-hydrogen) atoms. The quantitative estimate of drug-likeness (QED) is 0.553. The first kappa shape index (κ1) is 17.2. The molecule has 0 amide bonds. The van der Waals surface area contributed by atoms with Crippen molar-refractivity contribution in [1.82, 2.24) is 0 Å². The van der Waals surface area contributed by atoms with Gasteiger partial charge in [-0.1, -0.05) is 19.1 Å². The van der Waals surface area contributed by atoms with Crippen molar-refractivity contribution in [3.63, 3.8) is 0 Å². The van der Waals surface area contributed by atoms with Gasteiger partial charge in [-0.2, -0.15) is 0 Å². The molecule has 5 atom stereocenters. The van der Waals surface area contributed by atoms with E-state index >= 15 is 0 Å². The fourth-order valence-electron chi connectivity index (χ4n) is 7.93. The van der Waals surface area contributed by atoms with Gasteiger partial charge in [0.05, 0.1) is 11.2 Å². The van der Waals surface area contributed by atoms with Gasteiger partial charge in [-0.3, -0.25) is 0 Å². The lowest BCUT2D eigenvalue weighted by Gasteiger charge is -2.81. The molecule has 3 bridgehead atoms. The van der Waals surface area contributed by atoms with E-state index in [0.29, 0.717) is 34.4 Å². The summed E-state index contributed by atoms with van der Waals surface area (Å²) in [6.45, 7) is 8.25. The normalized spacial score (nSPS) is 49.8. The van der Waals surface area contributed by atoms with Crippen molar-refractivity contribution >= 4 is 13.1 Å². The van der Waals surface area contributed by atoms with Crippen LogP contribution in [0.4, 0.5) is 0 Å². The van der Waals surface area contributed by atoms with Crippen molar-refractivity contribution in [3.8, 4) is 5.75 Å². The molecular weight excluding hydrogens is 367 g/mol. The molecule has 9 aliphatic rings. The van der Waals surface area contributed by atoms with Gasteiger partial charge in [-0.25, -0.2) is 4.79 Å². The van der Waals surface area contributed by atoms with E-state index < -0.39 is 5.79 Å². The highest BCUT2D eigenvalue weighted by Gasteiger charge is 2.88. The summed E-state index contributed by atoms with van der Waals surface area (Å²) in [7, 11) is -0.148. The van der Waals surface area contributed by atoms with Crippen LogP contribution in [0, 0.1) is 17.3 Å². The van der Waals surface area contributed by atoms with Gasteiger partial charge in [0.1, 0.15) is 11.3 Å². The average molecular weight is 394 g/mol. The summed E-state index contributed by atoms with van der Waals surface area (Å²) in [4.78, 5) is 12.4. The van der Waals surface area contributed by atoms with E-state index in [-0.39, 0.29) is 24.3 Å². The highest BCUT2D eigenvalue weighted by atomic mass is 16.7. The summed E-state index contributed by atoms with van der Waals surface area (Å²) >= 11 is 0. The van der Waals surface area contributed by atoms with Gasteiger partial charge in [-0.15, -0.1) is 0 Å². The molecule has 2 aliphatic heterocycles. The molecule has 2 spiro atoms. The number of carbonyl (C=O) groups is 1. The molecule has 6 heteroatoms. The Morgan fingerprint density at radius 1 is 1.07 bits per heavy atom. The second-order valence-corrected chi connectivity index (χ2v) is 11.0. The molecular formula is C23H27BO5. The van der Waals surface area contributed by atoms with Gasteiger partial charge >= 0.3 is 13.1 Å². The Morgan fingerprint density at radius 2 is 1.86 bits per heavy atom. The van der Waals surface area contributed by atoms with E-state index in [1.54, 1.807) is 19.9 Å². The van der Waals surface area contributed by atoms with E-state index in [2.05, 4.69) is 19.9 Å². The zero-order chi connectivity index (χ0) is 20.0. The molecule has 8 fully saturated rings. The summed E-state index contributed by atoms with van der Waals surface area (Å²) in [5.41, 5.74) is 1.76. The van der Waals surface area contributed by atoms with Gasteiger partial charge in [0.2, 0.25) is 5.79 Å². The first-order valence-corrected chi connectivity index (χ1v) is 11.1. The summed E-state index contributed by atoms with van der Waals surface area (Å²) < 4.78 is 25.0. The lowest BCUT2D eigenvalue weighted by atomic mass is 9.27. The van der Waals surface area contributed by atoms with Crippen molar-refractivity contribution in [2.75, 3.05) is 0 Å². The molecule has 152 valence electrons. The number of hydrogen-bond donors (Lipinski definition) is 0. The zero-order valence-electron chi connectivity index (χ0n) is 17.5. The zero-order valence-corrected chi connectivity index (χ0v) is 17.5.